The molecule has 0 aromatic heterocycles. The standard InChI is InChI=1S/C19H26BrNO3/c1-5-23-11-10-21-9-8-14(18(22)24-19(2,3)4)12-15-13-16(20)6-7-17(15)21/h6-7,12-13H,5,8-11H2,1-4H3. The van der Waals surface area contributed by atoms with Gasteiger partial charge in [0.05, 0.1) is 6.61 Å². The summed E-state index contributed by atoms with van der Waals surface area (Å²) in [5.74, 6) is -0.236. The van der Waals surface area contributed by atoms with Crippen LogP contribution in [0.2, 0.25) is 0 Å². The molecule has 0 unspecified atom stereocenters. The predicted octanol–water partition coefficient (Wildman–Crippen LogP) is 4.42. The van der Waals surface area contributed by atoms with Crippen molar-refractivity contribution in [2.75, 3.05) is 31.2 Å². The maximum absolute atomic E-state index is 12.5. The largest absolute Gasteiger partial charge is 0.457 e. The first kappa shape index (κ1) is 19.0. The normalized spacial score (nSPS) is 14.7. The zero-order chi connectivity index (χ0) is 17.7. The lowest BCUT2D eigenvalue weighted by Crippen LogP contribution is -2.30. The van der Waals surface area contributed by atoms with E-state index in [1.54, 1.807) is 0 Å². The van der Waals surface area contributed by atoms with Crippen LogP contribution >= 0.6 is 15.9 Å². The lowest BCUT2D eigenvalue weighted by atomic mass is 10.1. The first-order valence-corrected chi connectivity index (χ1v) is 9.15. The van der Waals surface area contributed by atoms with E-state index < -0.39 is 5.60 Å². The van der Waals surface area contributed by atoms with Gasteiger partial charge in [-0.3, -0.25) is 0 Å². The topological polar surface area (TPSA) is 38.8 Å². The van der Waals surface area contributed by atoms with Crippen molar-refractivity contribution in [2.45, 2.75) is 39.7 Å². The molecule has 0 N–H and O–H groups in total. The van der Waals surface area contributed by atoms with Crippen molar-refractivity contribution in [2.24, 2.45) is 0 Å². The molecular formula is C19H26BrNO3. The predicted molar refractivity (Wildman–Crippen MR) is 101 cm³/mol. The number of ether oxygens (including phenoxy) is 2. The van der Waals surface area contributed by atoms with E-state index in [9.17, 15) is 4.79 Å². The number of carbonyl (C=O) groups excluding carboxylic acids is 1. The Bertz CT molecular complexity index is 620. The Morgan fingerprint density at radius 3 is 2.75 bits per heavy atom. The quantitative estimate of drug-likeness (QED) is 0.546. The Morgan fingerprint density at radius 2 is 2.08 bits per heavy atom. The second-order valence-electron chi connectivity index (χ2n) is 6.81. The summed E-state index contributed by atoms with van der Waals surface area (Å²) in [5, 5.41) is 0. The molecular weight excluding hydrogens is 370 g/mol. The number of hydrogen-bond donors (Lipinski definition) is 0. The Labute approximate surface area is 152 Å². The molecule has 0 amide bonds. The van der Waals surface area contributed by atoms with Gasteiger partial charge in [0, 0.05) is 35.4 Å². The monoisotopic (exact) mass is 395 g/mol. The van der Waals surface area contributed by atoms with Crippen molar-refractivity contribution in [3.05, 3.63) is 33.8 Å². The average Bonchev–Trinajstić information content (AvgIpc) is 2.65. The van der Waals surface area contributed by atoms with Crippen LogP contribution in [-0.2, 0) is 14.3 Å². The van der Waals surface area contributed by atoms with E-state index in [1.807, 2.05) is 45.9 Å². The van der Waals surface area contributed by atoms with Crippen LogP contribution in [0.25, 0.3) is 6.08 Å². The molecule has 1 aromatic rings. The summed E-state index contributed by atoms with van der Waals surface area (Å²) < 4.78 is 12.0. The number of anilines is 1. The van der Waals surface area contributed by atoms with Crippen LogP contribution in [0.4, 0.5) is 5.69 Å². The summed E-state index contributed by atoms with van der Waals surface area (Å²) in [6.07, 6.45) is 2.61. The Hall–Kier alpha value is -1.33. The highest BCUT2D eigenvalue weighted by atomic mass is 79.9. The molecule has 0 spiro atoms. The molecule has 0 saturated heterocycles. The van der Waals surface area contributed by atoms with Crippen molar-refractivity contribution in [3.8, 4) is 0 Å². The van der Waals surface area contributed by atoms with Gasteiger partial charge in [0.15, 0.2) is 0 Å². The molecule has 1 aliphatic heterocycles. The summed E-state index contributed by atoms with van der Waals surface area (Å²) in [5.41, 5.74) is 2.37. The third-order valence-corrected chi connectivity index (χ3v) is 4.18. The first-order chi connectivity index (χ1) is 11.3. The van der Waals surface area contributed by atoms with Gasteiger partial charge < -0.3 is 14.4 Å². The van der Waals surface area contributed by atoms with Crippen LogP contribution in [0.5, 0.6) is 0 Å². The smallest absolute Gasteiger partial charge is 0.334 e. The third-order valence-electron chi connectivity index (χ3n) is 3.68. The molecule has 4 nitrogen and oxygen atoms in total. The van der Waals surface area contributed by atoms with Crippen molar-refractivity contribution >= 4 is 33.7 Å². The molecule has 5 heteroatoms. The molecule has 1 heterocycles. The van der Waals surface area contributed by atoms with E-state index in [4.69, 9.17) is 9.47 Å². The fourth-order valence-corrected chi connectivity index (χ4v) is 3.00. The lowest BCUT2D eigenvalue weighted by molar-refractivity contribution is -0.149. The Balaban J connectivity index is 2.26. The summed E-state index contributed by atoms with van der Waals surface area (Å²) >= 11 is 3.52. The van der Waals surface area contributed by atoms with E-state index in [0.717, 1.165) is 28.8 Å². The molecule has 24 heavy (non-hydrogen) atoms. The van der Waals surface area contributed by atoms with Crippen LogP contribution in [0.3, 0.4) is 0 Å². The van der Waals surface area contributed by atoms with Crippen molar-refractivity contribution in [3.63, 3.8) is 0 Å². The third kappa shape index (κ3) is 5.35. The highest BCUT2D eigenvalue weighted by Gasteiger charge is 2.23. The van der Waals surface area contributed by atoms with Gasteiger partial charge in [0.25, 0.3) is 0 Å². The number of hydrogen-bond acceptors (Lipinski definition) is 4. The Kier molecular flexibility index (Phi) is 6.47. The van der Waals surface area contributed by atoms with Crippen molar-refractivity contribution in [1.82, 2.24) is 0 Å². The van der Waals surface area contributed by atoms with Crippen LogP contribution in [0.15, 0.2) is 28.2 Å². The van der Waals surface area contributed by atoms with Gasteiger partial charge in [-0.2, -0.15) is 0 Å². The molecule has 1 aliphatic rings. The SMILES string of the molecule is CCOCCN1CCC(C(=O)OC(C)(C)C)=Cc2cc(Br)ccc21. The second-order valence-corrected chi connectivity index (χ2v) is 7.72. The number of esters is 1. The van der Waals surface area contributed by atoms with Crippen molar-refractivity contribution < 1.29 is 14.3 Å². The number of fused-ring (bicyclic) bond motifs is 1. The summed E-state index contributed by atoms with van der Waals surface area (Å²) in [6, 6.07) is 6.15. The maximum atomic E-state index is 12.5. The summed E-state index contributed by atoms with van der Waals surface area (Å²) in [4.78, 5) is 14.8. The van der Waals surface area contributed by atoms with Gasteiger partial charge in [0.2, 0.25) is 0 Å². The van der Waals surface area contributed by atoms with Crippen LogP contribution < -0.4 is 4.90 Å². The molecule has 0 saturated carbocycles. The number of nitrogens with zero attached hydrogens (tertiary/aromatic N) is 1. The molecule has 0 fully saturated rings. The molecule has 132 valence electrons. The van der Waals surface area contributed by atoms with Gasteiger partial charge in [-0.15, -0.1) is 0 Å². The minimum atomic E-state index is -0.487. The number of benzene rings is 1. The fraction of sp³-hybridized carbons (Fsp3) is 0.526. The summed E-state index contributed by atoms with van der Waals surface area (Å²) in [6.45, 7) is 10.6. The van der Waals surface area contributed by atoms with Gasteiger partial charge in [-0.25, -0.2) is 4.79 Å². The second kappa shape index (κ2) is 8.17. The molecule has 1 aromatic carbocycles. The van der Waals surface area contributed by atoms with Crippen LogP contribution in [0.1, 0.15) is 39.7 Å². The average molecular weight is 396 g/mol. The van der Waals surface area contributed by atoms with Crippen LogP contribution in [-0.4, -0.2) is 37.9 Å². The molecule has 0 bridgehead atoms. The van der Waals surface area contributed by atoms with Gasteiger partial charge in [-0.1, -0.05) is 15.9 Å². The van der Waals surface area contributed by atoms with E-state index in [1.165, 1.54) is 0 Å². The molecule has 0 aliphatic carbocycles. The minimum absolute atomic E-state index is 0.236. The zero-order valence-electron chi connectivity index (χ0n) is 14.9. The highest BCUT2D eigenvalue weighted by Crippen LogP contribution is 2.31. The number of halogens is 1. The van der Waals surface area contributed by atoms with E-state index in [0.29, 0.717) is 25.2 Å². The lowest BCUT2D eigenvalue weighted by Gasteiger charge is -2.25. The van der Waals surface area contributed by atoms with Gasteiger partial charge in [-0.05, 0) is 64.0 Å². The Morgan fingerprint density at radius 1 is 1.33 bits per heavy atom. The van der Waals surface area contributed by atoms with Crippen molar-refractivity contribution in [1.29, 1.82) is 0 Å². The maximum Gasteiger partial charge on any atom is 0.334 e. The molecule has 2 rings (SSSR count). The minimum Gasteiger partial charge on any atom is -0.457 e. The van der Waals surface area contributed by atoms with Crippen LogP contribution in [0, 0.1) is 0 Å². The van der Waals surface area contributed by atoms with Gasteiger partial charge >= 0.3 is 5.97 Å². The zero-order valence-corrected chi connectivity index (χ0v) is 16.5. The van der Waals surface area contributed by atoms with E-state index in [2.05, 4.69) is 26.9 Å². The molecule has 0 atom stereocenters. The first-order valence-electron chi connectivity index (χ1n) is 8.36. The molecule has 0 radical (unpaired) electrons. The van der Waals surface area contributed by atoms with E-state index in [-0.39, 0.29) is 5.97 Å². The summed E-state index contributed by atoms with van der Waals surface area (Å²) in [7, 11) is 0. The van der Waals surface area contributed by atoms with Gasteiger partial charge in [0.1, 0.15) is 5.60 Å². The van der Waals surface area contributed by atoms with E-state index >= 15 is 0 Å². The fourth-order valence-electron chi connectivity index (χ4n) is 2.62. The number of carbonyl (C=O) groups is 1. The highest BCUT2D eigenvalue weighted by molar-refractivity contribution is 9.10. The number of rotatable bonds is 5.